The summed E-state index contributed by atoms with van der Waals surface area (Å²) in [6, 6.07) is 1.93. The summed E-state index contributed by atoms with van der Waals surface area (Å²) in [4.78, 5) is 0. The Labute approximate surface area is 92.8 Å². The fourth-order valence-corrected chi connectivity index (χ4v) is 3.11. The summed E-state index contributed by atoms with van der Waals surface area (Å²) >= 11 is 13.3. The van der Waals surface area contributed by atoms with Gasteiger partial charge in [0.1, 0.15) is 0 Å². The average Bonchev–Trinajstić information content (AvgIpc) is 2.30. The summed E-state index contributed by atoms with van der Waals surface area (Å²) in [5, 5.41) is 0. The molecule has 0 fully saturated rings. The van der Waals surface area contributed by atoms with Gasteiger partial charge in [0.05, 0.1) is 8.67 Å². The Hall–Kier alpha value is 0.240. The average molecular weight is 238 g/mol. The van der Waals surface area contributed by atoms with Crippen LogP contribution in [0.1, 0.15) is 25.8 Å². The molecule has 0 bridgehead atoms. The van der Waals surface area contributed by atoms with Gasteiger partial charge in [0.2, 0.25) is 0 Å². The molecule has 1 aromatic heterocycles. The molecule has 0 radical (unpaired) electrons. The minimum Gasteiger partial charge on any atom is -0.330 e. The molecule has 4 heteroatoms. The highest BCUT2D eigenvalue weighted by molar-refractivity contribution is 7.20. The largest absolute Gasteiger partial charge is 0.330 e. The Bertz CT molecular complexity index is 294. The predicted octanol–water partition coefficient (Wildman–Crippen LogP) is 3.68. The van der Waals surface area contributed by atoms with Crippen molar-refractivity contribution in [1.82, 2.24) is 0 Å². The van der Waals surface area contributed by atoms with E-state index >= 15 is 0 Å². The maximum Gasteiger partial charge on any atom is 0.0981 e. The van der Waals surface area contributed by atoms with Gasteiger partial charge in [-0.05, 0) is 30.0 Å². The second kappa shape index (κ2) is 4.18. The lowest BCUT2D eigenvalue weighted by atomic mass is 9.83. The molecule has 74 valence electrons. The van der Waals surface area contributed by atoms with E-state index in [0.29, 0.717) is 6.54 Å². The van der Waals surface area contributed by atoms with E-state index in [2.05, 4.69) is 13.8 Å². The number of hydrogen-bond acceptors (Lipinski definition) is 2. The number of nitrogens with two attached hydrogens (primary N) is 1. The molecule has 0 amide bonds. The molecule has 0 aromatic carbocycles. The highest BCUT2D eigenvalue weighted by Gasteiger charge is 2.24. The van der Waals surface area contributed by atoms with E-state index in [1.165, 1.54) is 11.3 Å². The highest BCUT2D eigenvalue weighted by Crippen LogP contribution is 2.39. The third kappa shape index (κ3) is 2.59. The van der Waals surface area contributed by atoms with Crippen LogP contribution in [0.3, 0.4) is 0 Å². The smallest absolute Gasteiger partial charge is 0.0981 e. The van der Waals surface area contributed by atoms with E-state index in [1.807, 2.05) is 6.07 Å². The van der Waals surface area contributed by atoms with Gasteiger partial charge in [-0.3, -0.25) is 0 Å². The number of hydrogen-bond donors (Lipinski definition) is 1. The predicted molar refractivity (Wildman–Crippen MR) is 61.0 cm³/mol. The van der Waals surface area contributed by atoms with Crippen LogP contribution < -0.4 is 5.73 Å². The van der Waals surface area contributed by atoms with Gasteiger partial charge in [-0.2, -0.15) is 0 Å². The normalized spacial score (nSPS) is 12.1. The molecular formula is C9H13Cl2NS. The quantitative estimate of drug-likeness (QED) is 0.853. The van der Waals surface area contributed by atoms with Gasteiger partial charge in [0.15, 0.2) is 0 Å². The van der Waals surface area contributed by atoms with Crippen molar-refractivity contribution in [2.75, 3.05) is 6.54 Å². The number of thiophene rings is 1. The Morgan fingerprint density at radius 1 is 1.46 bits per heavy atom. The Morgan fingerprint density at radius 2 is 2.08 bits per heavy atom. The summed E-state index contributed by atoms with van der Waals surface area (Å²) in [6.07, 6.45) is 0.916. The minimum atomic E-state index is 0.0233. The van der Waals surface area contributed by atoms with E-state index in [9.17, 15) is 0 Å². The van der Waals surface area contributed by atoms with Gasteiger partial charge in [0, 0.05) is 0 Å². The van der Waals surface area contributed by atoms with Crippen LogP contribution in [-0.4, -0.2) is 6.54 Å². The lowest BCUT2D eigenvalue weighted by Gasteiger charge is -2.23. The van der Waals surface area contributed by atoms with Gasteiger partial charge in [-0.15, -0.1) is 11.3 Å². The molecule has 0 aliphatic heterocycles. The first kappa shape index (κ1) is 11.3. The van der Waals surface area contributed by atoms with Gasteiger partial charge in [0.25, 0.3) is 0 Å². The second-order valence-corrected chi connectivity index (χ2v) is 5.95. The van der Waals surface area contributed by atoms with Crippen molar-refractivity contribution >= 4 is 34.5 Å². The summed E-state index contributed by atoms with van der Waals surface area (Å²) in [7, 11) is 0. The zero-order valence-corrected chi connectivity index (χ0v) is 10.1. The van der Waals surface area contributed by atoms with E-state index in [0.717, 1.165) is 20.7 Å². The third-order valence-electron chi connectivity index (χ3n) is 2.16. The molecule has 0 unspecified atom stereocenters. The molecule has 0 aliphatic rings. The highest BCUT2D eigenvalue weighted by atomic mass is 35.5. The van der Waals surface area contributed by atoms with E-state index in [1.54, 1.807) is 0 Å². The molecule has 0 atom stereocenters. The Kier molecular flexibility index (Phi) is 3.64. The van der Waals surface area contributed by atoms with Crippen LogP contribution in [-0.2, 0) is 5.41 Å². The Morgan fingerprint density at radius 3 is 2.46 bits per heavy atom. The minimum absolute atomic E-state index is 0.0233. The number of halogens is 2. The van der Waals surface area contributed by atoms with Crippen molar-refractivity contribution in [1.29, 1.82) is 0 Å². The van der Waals surface area contributed by atoms with Gasteiger partial charge in [-0.25, -0.2) is 0 Å². The van der Waals surface area contributed by atoms with Gasteiger partial charge < -0.3 is 5.73 Å². The molecule has 0 spiro atoms. The lowest BCUT2D eigenvalue weighted by molar-refractivity contribution is 0.489. The van der Waals surface area contributed by atoms with Crippen molar-refractivity contribution in [3.63, 3.8) is 0 Å². The molecule has 0 saturated carbocycles. The molecule has 1 aromatic rings. The first-order valence-electron chi connectivity index (χ1n) is 4.13. The van der Waals surface area contributed by atoms with Crippen LogP contribution in [0.2, 0.25) is 8.67 Å². The molecule has 1 nitrogen and oxygen atoms in total. The molecule has 0 aliphatic carbocycles. The molecule has 0 saturated heterocycles. The molecule has 13 heavy (non-hydrogen) atoms. The van der Waals surface area contributed by atoms with Gasteiger partial charge in [-0.1, -0.05) is 37.0 Å². The summed E-state index contributed by atoms with van der Waals surface area (Å²) in [5.41, 5.74) is 6.67. The summed E-state index contributed by atoms with van der Waals surface area (Å²) in [5.74, 6) is 0. The molecular weight excluding hydrogens is 225 g/mol. The Balaban J connectivity index is 2.98. The van der Waals surface area contributed by atoms with E-state index in [4.69, 9.17) is 28.9 Å². The van der Waals surface area contributed by atoms with Crippen LogP contribution in [0.5, 0.6) is 0 Å². The van der Waals surface area contributed by atoms with Crippen LogP contribution >= 0.6 is 34.5 Å². The van der Waals surface area contributed by atoms with Crippen LogP contribution in [0.15, 0.2) is 6.07 Å². The zero-order chi connectivity index (χ0) is 10.1. The molecule has 1 heterocycles. The maximum absolute atomic E-state index is 6.06. The first-order chi connectivity index (χ1) is 5.97. The summed E-state index contributed by atoms with van der Waals surface area (Å²) < 4.78 is 1.52. The molecule has 1 rings (SSSR count). The number of rotatable bonds is 3. The summed E-state index contributed by atoms with van der Waals surface area (Å²) in [6.45, 7) is 4.92. The van der Waals surface area contributed by atoms with Crippen molar-refractivity contribution in [3.8, 4) is 0 Å². The van der Waals surface area contributed by atoms with Gasteiger partial charge >= 0.3 is 0 Å². The molecule has 2 N–H and O–H groups in total. The van der Waals surface area contributed by atoms with Crippen LogP contribution in [0, 0.1) is 0 Å². The van der Waals surface area contributed by atoms with Crippen molar-refractivity contribution < 1.29 is 0 Å². The first-order valence-corrected chi connectivity index (χ1v) is 5.70. The van der Waals surface area contributed by atoms with Crippen LogP contribution in [0.25, 0.3) is 0 Å². The fraction of sp³-hybridized carbons (Fsp3) is 0.556. The lowest BCUT2D eigenvalue weighted by Crippen LogP contribution is -2.21. The zero-order valence-electron chi connectivity index (χ0n) is 7.73. The SMILES string of the molecule is CC(C)(CCN)c1cc(Cl)sc1Cl. The van der Waals surface area contributed by atoms with Crippen molar-refractivity contribution in [2.45, 2.75) is 25.7 Å². The van der Waals surface area contributed by atoms with Crippen molar-refractivity contribution in [2.24, 2.45) is 5.73 Å². The third-order valence-corrected chi connectivity index (χ3v) is 3.64. The fourth-order valence-electron chi connectivity index (χ4n) is 1.30. The van der Waals surface area contributed by atoms with Crippen LogP contribution in [0.4, 0.5) is 0 Å². The topological polar surface area (TPSA) is 26.0 Å². The van der Waals surface area contributed by atoms with E-state index in [-0.39, 0.29) is 5.41 Å². The second-order valence-electron chi connectivity index (χ2n) is 3.66. The monoisotopic (exact) mass is 237 g/mol. The van der Waals surface area contributed by atoms with E-state index < -0.39 is 0 Å². The standard InChI is InChI=1S/C9H13Cl2NS/c1-9(2,3-4-12)6-5-7(10)13-8(6)11/h5H,3-4,12H2,1-2H3. The van der Waals surface area contributed by atoms with Crippen molar-refractivity contribution in [3.05, 3.63) is 20.3 Å². The maximum atomic E-state index is 6.06.